The first kappa shape index (κ1) is 9.13. The monoisotopic (exact) mass is 188 g/mol. The minimum Gasteiger partial charge on any atom is -0.363 e. The zero-order valence-corrected chi connectivity index (χ0v) is 8.70. The summed E-state index contributed by atoms with van der Waals surface area (Å²) in [5, 5.41) is 3.49. The summed E-state index contributed by atoms with van der Waals surface area (Å²) in [6.45, 7) is 6.01. The Morgan fingerprint density at radius 1 is 1.50 bits per heavy atom. The Balaban J connectivity index is 2.29. The second kappa shape index (κ2) is 3.37. The van der Waals surface area contributed by atoms with Crippen LogP contribution >= 0.6 is 0 Å². The van der Waals surface area contributed by atoms with E-state index in [4.69, 9.17) is 0 Å². The summed E-state index contributed by atoms with van der Waals surface area (Å²) in [6.07, 6.45) is 2.32. The molecule has 0 aromatic heterocycles. The van der Waals surface area contributed by atoms with Crippen LogP contribution in [0, 0.1) is 5.92 Å². The lowest BCUT2D eigenvalue weighted by atomic mass is 10.1. The van der Waals surface area contributed by atoms with E-state index >= 15 is 0 Å². The van der Waals surface area contributed by atoms with E-state index in [1.165, 1.54) is 11.4 Å². The van der Waals surface area contributed by atoms with E-state index in [0.717, 1.165) is 0 Å². The SMILES string of the molecule is C=CC(C)C1Nc2ccccc2N1C. The molecule has 14 heavy (non-hydrogen) atoms. The Bertz CT molecular complexity index is 346. The molecule has 0 amide bonds. The molecule has 1 heterocycles. The average molecular weight is 188 g/mol. The Labute approximate surface area is 85.2 Å². The van der Waals surface area contributed by atoms with E-state index in [2.05, 4.69) is 55.0 Å². The first-order valence-corrected chi connectivity index (χ1v) is 4.95. The third-order valence-electron chi connectivity index (χ3n) is 2.87. The lowest BCUT2D eigenvalue weighted by molar-refractivity contribution is 0.583. The van der Waals surface area contributed by atoms with E-state index in [9.17, 15) is 0 Å². The highest BCUT2D eigenvalue weighted by Crippen LogP contribution is 2.35. The van der Waals surface area contributed by atoms with Gasteiger partial charge in [0, 0.05) is 13.0 Å². The quantitative estimate of drug-likeness (QED) is 0.718. The van der Waals surface area contributed by atoms with Gasteiger partial charge in [0.1, 0.15) is 6.17 Å². The summed E-state index contributed by atoms with van der Waals surface area (Å²) >= 11 is 0. The van der Waals surface area contributed by atoms with Crippen molar-refractivity contribution in [2.45, 2.75) is 13.1 Å². The predicted molar refractivity (Wildman–Crippen MR) is 61.6 cm³/mol. The standard InChI is InChI=1S/C12H16N2/c1-4-9(2)12-13-10-7-5-6-8-11(10)14(12)3/h4-9,12-13H,1H2,2-3H3. The van der Waals surface area contributed by atoms with Crippen LogP contribution in [0.3, 0.4) is 0 Å². The third kappa shape index (κ3) is 1.27. The van der Waals surface area contributed by atoms with Crippen molar-refractivity contribution in [3.63, 3.8) is 0 Å². The fourth-order valence-corrected chi connectivity index (χ4v) is 1.92. The third-order valence-corrected chi connectivity index (χ3v) is 2.87. The largest absolute Gasteiger partial charge is 0.363 e. The number of benzene rings is 1. The van der Waals surface area contributed by atoms with Crippen LogP contribution in [0.4, 0.5) is 11.4 Å². The molecule has 1 aromatic rings. The molecule has 0 fully saturated rings. The molecule has 0 aliphatic carbocycles. The Morgan fingerprint density at radius 3 is 2.86 bits per heavy atom. The summed E-state index contributed by atoms with van der Waals surface area (Å²) < 4.78 is 0. The minimum absolute atomic E-state index is 0.338. The van der Waals surface area contributed by atoms with Gasteiger partial charge in [-0.3, -0.25) is 0 Å². The van der Waals surface area contributed by atoms with Crippen LogP contribution < -0.4 is 10.2 Å². The van der Waals surface area contributed by atoms with Gasteiger partial charge in [0.2, 0.25) is 0 Å². The Hall–Kier alpha value is -1.44. The molecular formula is C12H16N2. The van der Waals surface area contributed by atoms with Crippen LogP contribution in [0.25, 0.3) is 0 Å². The highest BCUT2D eigenvalue weighted by molar-refractivity contribution is 5.75. The van der Waals surface area contributed by atoms with Crippen molar-refractivity contribution in [2.75, 3.05) is 17.3 Å². The number of anilines is 2. The molecule has 2 nitrogen and oxygen atoms in total. The van der Waals surface area contributed by atoms with Crippen LogP contribution in [-0.4, -0.2) is 13.2 Å². The first-order valence-electron chi connectivity index (χ1n) is 4.95. The van der Waals surface area contributed by atoms with Gasteiger partial charge in [-0.2, -0.15) is 0 Å². The van der Waals surface area contributed by atoms with E-state index in [1.54, 1.807) is 0 Å². The zero-order valence-electron chi connectivity index (χ0n) is 8.70. The molecule has 0 saturated carbocycles. The van der Waals surface area contributed by atoms with Crippen molar-refractivity contribution < 1.29 is 0 Å². The van der Waals surface area contributed by atoms with E-state index in [0.29, 0.717) is 12.1 Å². The summed E-state index contributed by atoms with van der Waals surface area (Å²) in [5.74, 6) is 0.437. The second-order valence-electron chi connectivity index (χ2n) is 3.81. The lowest BCUT2D eigenvalue weighted by Gasteiger charge is -2.25. The molecule has 2 atom stereocenters. The molecular weight excluding hydrogens is 172 g/mol. The topological polar surface area (TPSA) is 15.3 Å². The predicted octanol–water partition coefficient (Wildman–Crippen LogP) is 2.70. The van der Waals surface area contributed by atoms with Gasteiger partial charge in [0.15, 0.2) is 0 Å². The molecule has 1 aliphatic rings. The fraction of sp³-hybridized carbons (Fsp3) is 0.333. The number of hydrogen-bond acceptors (Lipinski definition) is 2. The molecule has 0 saturated heterocycles. The van der Waals surface area contributed by atoms with Gasteiger partial charge in [-0.1, -0.05) is 25.1 Å². The molecule has 0 radical (unpaired) electrons. The van der Waals surface area contributed by atoms with Crippen LogP contribution in [0.1, 0.15) is 6.92 Å². The van der Waals surface area contributed by atoms with Gasteiger partial charge in [-0.25, -0.2) is 0 Å². The maximum Gasteiger partial charge on any atom is 0.105 e. The fourth-order valence-electron chi connectivity index (χ4n) is 1.92. The van der Waals surface area contributed by atoms with Crippen molar-refractivity contribution in [3.8, 4) is 0 Å². The number of fused-ring (bicyclic) bond motifs is 1. The summed E-state index contributed by atoms with van der Waals surface area (Å²) in [6, 6.07) is 8.37. The van der Waals surface area contributed by atoms with Gasteiger partial charge in [-0.15, -0.1) is 6.58 Å². The molecule has 2 heteroatoms. The molecule has 2 rings (SSSR count). The molecule has 2 unspecified atom stereocenters. The van der Waals surface area contributed by atoms with Crippen LogP contribution in [-0.2, 0) is 0 Å². The van der Waals surface area contributed by atoms with Gasteiger partial charge in [0.05, 0.1) is 11.4 Å². The number of nitrogens with one attached hydrogen (secondary N) is 1. The van der Waals surface area contributed by atoms with E-state index < -0.39 is 0 Å². The normalized spacial score (nSPS) is 21.3. The summed E-state index contributed by atoms with van der Waals surface area (Å²) in [4.78, 5) is 2.27. The summed E-state index contributed by atoms with van der Waals surface area (Å²) in [7, 11) is 2.11. The Morgan fingerprint density at radius 2 is 2.21 bits per heavy atom. The smallest absolute Gasteiger partial charge is 0.105 e. The maximum absolute atomic E-state index is 3.84. The van der Waals surface area contributed by atoms with Crippen LogP contribution in [0.5, 0.6) is 0 Å². The molecule has 1 aliphatic heterocycles. The number of hydrogen-bond donors (Lipinski definition) is 1. The Kier molecular flexibility index (Phi) is 2.20. The van der Waals surface area contributed by atoms with Crippen molar-refractivity contribution >= 4 is 11.4 Å². The van der Waals surface area contributed by atoms with Crippen LogP contribution in [0.2, 0.25) is 0 Å². The van der Waals surface area contributed by atoms with E-state index in [1.807, 2.05) is 6.08 Å². The molecule has 1 aromatic carbocycles. The van der Waals surface area contributed by atoms with Crippen molar-refractivity contribution in [2.24, 2.45) is 5.92 Å². The van der Waals surface area contributed by atoms with Gasteiger partial charge in [-0.05, 0) is 12.1 Å². The first-order chi connectivity index (χ1) is 6.74. The highest BCUT2D eigenvalue weighted by atomic mass is 15.3. The highest BCUT2D eigenvalue weighted by Gasteiger charge is 2.27. The minimum atomic E-state index is 0.338. The molecule has 0 bridgehead atoms. The molecule has 74 valence electrons. The zero-order chi connectivity index (χ0) is 10.1. The van der Waals surface area contributed by atoms with Crippen molar-refractivity contribution in [3.05, 3.63) is 36.9 Å². The van der Waals surface area contributed by atoms with Crippen molar-refractivity contribution in [1.29, 1.82) is 0 Å². The molecule has 0 spiro atoms. The lowest BCUT2D eigenvalue weighted by Crippen LogP contribution is -2.37. The maximum atomic E-state index is 3.84. The summed E-state index contributed by atoms with van der Waals surface area (Å²) in [5.41, 5.74) is 2.49. The second-order valence-corrected chi connectivity index (χ2v) is 3.81. The average Bonchev–Trinajstić information content (AvgIpc) is 2.56. The number of para-hydroxylation sites is 2. The van der Waals surface area contributed by atoms with Gasteiger partial charge < -0.3 is 10.2 Å². The van der Waals surface area contributed by atoms with E-state index in [-0.39, 0.29) is 0 Å². The van der Waals surface area contributed by atoms with Crippen molar-refractivity contribution in [1.82, 2.24) is 0 Å². The number of rotatable bonds is 2. The number of nitrogens with zero attached hydrogens (tertiary/aromatic N) is 1. The van der Waals surface area contributed by atoms with Gasteiger partial charge in [0.25, 0.3) is 0 Å². The van der Waals surface area contributed by atoms with Gasteiger partial charge >= 0.3 is 0 Å². The molecule has 1 N–H and O–H groups in total. The van der Waals surface area contributed by atoms with Crippen LogP contribution in [0.15, 0.2) is 36.9 Å².